The van der Waals surface area contributed by atoms with Gasteiger partial charge in [-0.1, -0.05) is 12.1 Å². The molecule has 0 fully saturated rings. The van der Waals surface area contributed by atoms with Crippen LogP contribution < -0.4 is 10.6 Å². The highest BCUT2D eigenvalue weighted by Gasteiger charge is 2.14. The zero-order valence-electron chi connectivity index (χ0n) is 13.7. The van der Waals surface area contributed by atoms with Crippen molar-refractivity contribution in [1.29, 1.82) is 0 Å². The van der Waals surface area contributed by atoms with E-state index in [2.05, 4.69) is 10.6 Å². The SMILES string of the molecule is CC(=O)Nc1cccc(NC(=O)COC(=O)c2cccc([N+](=O)[O-])c2)c1. The Morgan fingerprint density at radius 1 is 1.04 bits per heavy atom. The number of carbonyl (C=O) groups excluding carboxylic acids is 3. The first-order chi connectivity index (χ1) is 12.3. The van der Waals surface area contributed by atoms with Crippen LogP contribution in [0.3, 0.4) is 0 Å². The van der Waals surface area contributed by atoms with Crippen LogP contribution in [-0.4, -0.2) is 29.3 Å². The summed E-state index contributed by atoms with van der Waals surface area (Å²) in [5.74, 6) is -1.70. The Bertz CT molecular complexity index is 865. The molecule has 0 saturated heterocycles. The van der Waals surface area contributed by atoms with Crippen LogP contribution in [0.25, 0.3) is 0 Å². The summed E-state index contributed by atoms with van der Waals surface area (Å²) in [5, 5.41) is 15.8. The van der Waals surface area contributed by atoms with Crippen LogP contribution in [0.15, 0.2) is 48.5 Å². The molecule has 2 amide bonds. The molecule has 0 aliphatic heterocycles. The normalized spacial score (nSPS) is 9.88. The average Bonchev–Trinajstić information content (AvgIpc) is 2.59. The van der Waals surface area contributed by atoms with Gasteiger partial charge < -0.3 is 15.4 Å². The molecule has 134 valence electrons. The maximum Gasteiger partial charge on any atom is 0.338 e. The van der Waals surface area contributed by atoms with Gasteiger partial charge in [-0.3, -0.25) is 19.7 Å². The summed E-state index contributed by atoms with van der Waals surface area (Å²) in [6, 6.07) is 11.4. The summed E-state index contributed by atoms with van der Waals surface area (Å²) >= 11 is 0. The summed E-state index contributed by atoms with van der Waals surface area (Å²) in [6.07, 6.45) is 0. The van der Waals surface area contributed by atoms with Gasteiger partial charge >= 0.3 is 5.97 Å². The Morgan fingerprint density at radius 2 is 1.69 bits per heavy atom. The van der Waals surface area contributed by atoms with Gasteiger partial charge in [-0.15, -0.1) is 0 Å². The van der Waals surface area contributed by atoms with Gasteiger partial charge in [0.2, 0.25) is 5.91 Å². The van der Waals surface area contributed by atoms with Gasteiger partial charge in [-0.2, -0.15) is 0 Å². The Morgan fingerprint density at radius 3 is 2.35 bits per heavy atom. The molecule has 0 unspecified atom stereocenters. The predicted octanol–water partition coefficient (Wildman–Crippen LogP) is 2.35. The van der Waals surface area contributed by atoms with Crippen molar-refractivity contribution in [2.75, 3.05) is 17.2 Å². The highest BCUT2D eigenvalue weighted by atomic mass is 16.6. The van der Waals surface area contributed by atoms with Crippen molar-refractivity contribution >= 4 is 34.8 Å². The van der Waals surface area contributed by atoms with E-state index in [-0.39, 0.29) is 17.2 Å². The summed E-state index contributed by atoms with van der Waals surface area (Å²) in [7, 11) is 0. The van der Waals surface area contributed by atoms with Crippen LogP contribution in [0.2, 0.25) is 0 Å². The van der Waals surface area contributed by atoms with Crippen molar-refractivity contribution in [1.82, 2.24) is 0 Å². The molecule has 0 spiro atoms. The number of hydrogen-bond donors (Lipinski definition) is 2. The number of nitro benzene ring substituents is 1. The van der Waals surface area contributed by atoms with E-state index in [1.54, 1.807) is 24.3 Å². The van der Waals surface area contributed by atoms with E-state index in [0.29, 0.717) is 11.4 Å². The van der Waals surface area contributed by atoms with Crippen molar-refractivity contribution in [2.24, 2.45) is 0 Å². The molecule has 9 nitrogen and oxygen atoms in total. The van der Waals surface area contributed by atoms with E-state index in [0.717, 1.165) is 6.07 Å². The predicted molar refractivity (Wildman–Crippen MR) is 92.8 cm³/mol. The third kappa shape index (κ3) is 5.41. The van der Waals surface area contributed by atoms with E-state index in [4.69, 9.17) is 4.74 Å². The first-order valence-electron chi connectivity index (χ1n) is 7.44. The molecular formula is C17H15N3O6. The first kappa shape index (κ1) is 18.6. The number of benzene rings is 2. The maximum atomic E-state index is 11.9. The maximum absolute atomic E-state index is 11.9. The average molecular weight is 357 g/mol. The third-order valence-electron chi connectivity index (χ3n) is 3.09. The second-order valence-electron chi connectivity index (χ2n) is 5.19. The number of esters is 1. The third-order valence-corrected chi connectivity index (χ3v) is 3.09. The summed E-state index contributed by atoms with van der Waals surface area (Å²) in [4.78, 5) is 44.8. The fourth-order valence-electron chi connectivity index (χ4n) is 2.04. The Labute approximate surface area is 148 Å². The van der Waals surface area contributed by atoms with Crippen LogP contribution >= 0.6 is 0 Å². The number of carbonyl (C=O) groups is 3. The number of amides is 2. The Kier molecular flexibility index (Phi) is 5.99. The van der Waals surface area contributed by atoms with Gasteiger partial charge in [0.05, 0.1) is 10.5 Å². The van der Waals surface area contributed by atoms with E-state index < -0.39 is 23.4 Å². The molecule has 2 N–H and O–H groups in total. The number of anilines is 2. The summed E-state index contributed by atoms with van der Waals surface area (Å²) in [6.45, 7) is 0.796. The van der Waals surface area contributed by atoms with E-state index in [9.17, 15) is 24.5 Å². The van der Waals surface area contributed by atoms with E-state index >= 15 is 0 Å². The van der Waals surface area contributed by atoms with Gasteiger partial charge in [0.15, 0.2) is 6.61 Å². The number of nitro groups is 1. The monoisotopic (exact) mass is 357 g/mol. The van der Waals surface area contributed by atoms with Gasteiger partial charge in [-0.25, -0.2) is 4.79 Å². The summed E-state index contributed by atoms with van der Waals surface area (Å²) in [5.41, 5.74) is 0.634. The first-order valence-corrected chi connectivity index (χ1v) is 7.44. The number of hydrogen-bond acceptors (Lipinski definition) is 6. The molecule has 0 aliphatic carbocycles. The van der Waals surface area contributed by atoms with E-state index in [1.165, 1.54) is 25.1 Å². The zero-order chi connectivity index (χ0) is 19.1. The highest BCUT2D eigenvalue weighted by Crippen LogP contribution is 2.16. The molecule has 26 heavy (non-hydrogen) atoms. The highest BCUT2D eigenvalue weighted by molar-refractivity contribution is 5.96. The lowest BCUT2D eigenvalue weighted by atomic mass is 10.2. The second-order valence-corrected chi connectivity index (χ2v) is 5.19. The molecule has 2 aromatic carbocycles. The number of rotatable bonds is 6. The second kappa shape index (κ2) is 8.38. The molecular weight excluding hydrogens is 342 g/mol. The molecule has 0 bridgehead atoms. The topological polar surface area (TPSA) is 128 Å². The van der Waals surface area contributed by atoms with Crippen molar-refractivity contribution in [2.45, 2.75) is 6.92 Å². The van der Waals surface area contributed by atoms with Crippen LogP contribution in [0, 0.1) is 10.1 Å². The van der Waals surface area contributed by atoms with Gasteiger partial charge in [0.1, 0.15) is 0 Å². The standard InChI is InChI=1S/C17H15N3O6/c1-11(21)18-13-5-3-6-14(9-13)19-16(22)10-26-17(23)12-4-2-7-15(8-12)20(24)25/h2-9H,10H2,1H3,(H,18,21)(H,19,22). The summed E-state index contributed by atoms with van der Waals surface area (Å²) < 4.78 is 4.85. The minimum atomic E-state index is -0.851. The quantitative estimate of drug-likeness (QED) is 0.464. The van der Waals surface area contributed by atoms with Crippen LogP contribution in [0.1, 0.15) is 17.3 Å². The van der Waals surface area contributed by atoms with Gasteiger partial charge in [-0.05, 0) is 24.3 Å². The molecule has 0 atom stereocenters. The minimum absolute atomic E-state index is 0.0281. The molecule has 2 aromatic rings. The van der Waals surface area contributed by atoms with Crippen LogP contribution in [0.4, 0.5) is 17.1 Å². The number of ether oxygens (including phenoxy) is 1. The van der Waals surface area contributed by atoms with Crippen molar-refractivity contribution in [3.05, 3.63) is 64.2 Å². The Balaban J connectivity index is 1.92. The Hall–Kier alpha value is -3.75. The lowest BCUT2D eigenvalue weighted by molar-refractivity contribution is -0.384. The fourth-order valence-corrected chi connectivity index (χ4v) is 2.04. The van der Waals surface area contributed by atoms with Crippen molar-refractivity contribution in [3.63, 3.8) is 0 Å². The van der Waals surface area contributed by atoms with Gasteiger partial charge in [0, 0.05) is 30.4 Å². The van der Waals surface area contributed by atoms with Gasteiger partial charge in [0.25, 0.3) is 11.6 Å². The molecule has 0 heterocycles. The van der Waals surface area contributed by atoms with E-state index in [1.807, 2.05) is 0 Å². The lowest BCUT2D eigenvalue weighted by Gasteiger charge is -2.08. The molecule has 2 rings (SSSR count). The molecule has 9 heteroatoms. The minimum Gasteiger partial charge on any atom is -0.452 e. The van der Waals surface area contributed by atoms with Crippen molar-refractivity contribution in [3.8, 4) is 0 Å². The molecule has 0 aromatic heterocycles. The molecule has 0 radical (unpaired) electrons. The lowest BCUT2D eigenvalue weighted by Crippen LogP contribution is -2.21. The fraction of sp³-hybridized carbons (Fsp3) is 0.118. The number of non-ortho nitro benzene ring substituents is 1. The van der Waals surface area contributed by atoms with Crippen LogP contribution in [0.5, 0.6) is 0 Å². The largest absolute Gasteiger partial charge is 0.452 e. The molecule has 0 aliphatic rings. The smallest absolute Gasteiger partial charge is 0.338 e. The van der Waals surface area contributed by atoms with Crippen LogP contribution in [-0.2, 0) is 14.3 Å². The van der Waals surface area contributed by atoms with Crippen molar-refractivity contribution < 1.29 is 24.0 Å². The number of nitrogens with zero attached hydrogens (tertiary/aromatic N) is 1. The molecule has 0 saturated carbocycles. The zero-order valence-corrected chi connectivity index (χ0v) is 13.7. The number of nitrogens with one attached hydrogen (secondary N) is 2.